The van der Waals surface area contributed by atoms with Crippen molar-refractivity contribution in [2.75, 3.05) is 4.90 Å². The predicted molar refractivity (Wildman–Crippen MR) is 118 cm³/mol. The largest absolute Gasteiger partial charge is 0.297 e. The Bertz CT molecular complexity index is 1140. The van der Waals surface area contributed by atoms with Crippen LogP contribution in [-0.2, 0) is 14.4 Å². The van der Waals surface area contributed by atoms with Gasteiger partial charge in [0.1, 0.15) is 6.04 Å². The highest BCUT2D eigenvalue weighted by Gasteiger charge is 2.66. The van der Waals surface area contributed by atoms with Gasteiger partial charge in [-0.25, -0.2) is 4.90 Å². The maximum Gasteiger partial charge on any atom is 0.240 e. The summed E-state index contributed by atoms with van der Waals surface area (Å²) in [6.07, 6.45) is 1.71. The number of carbonyl (C=O) groups is 3. The Morgan fingerprint density at radius 2 is 1.61 bits per heavy atom. The molecule has 0 spiro atoms. The number of ketones is 1. The maximum atomic E-state index is 13.6. The van der Waals surface area contributed by atoms with Crippen molar-refractivity contribution in [2.24, 2.45) is 22.4 Å². The highest BCUT2D eigenvalue weighted by Crippen LogP contribution is 2.53. The molecule has 0 saturated carbocycles. The SMILES string of the molecule is CC(C)(C)C(=O)[C@H]1[C@H]2C(=O)N(c3ccc(Cl)cc3)C(=O)[C@H]2[C@@H]2c3ccccc3C=NN12. The van der Waals surface area contributed by atoms with E-state index in [1.807, 2.05) is 45.0 Å². The molecule has 3 heterocycles. The number of halogens is 1. The van der Waals surface area contributed by atoms with E-state index in [2.05, 4.69) is 5.10 Å². The van der Waals surface area contributed by atoms with Gasteiger partial charge in [-0.2, -0.15) is 5.10 Å². The molecule has 3 aliphatic heterocycles. The van der Waals surface area contributed by atoms with E-state index in [1.165, 1.54) is 4.90 Å². The molecule has 0 aromatic heterocycles. The Labute approximate surface area is 185 Å². The van der Waals surface area contributed by atoms with Crippen molar-refractivity contribution in [2.45, 2.75) is 32.9 Å². The van der Waals surface area contributed by atoms with E-state index < -0.39 is 29.3 Å². The van der Waals surface area contributed by atoms with Gasteiger partial charge in [-0.3, -0.25) is 19.4 Å². The first-order valence-electron chi connectivity index (χ1n) is 10.3. The van der Waals surface area contributed by atoms with Crippen LogP contribution in [0.15, 0.2) is 53.6 Å². The number of hydrogen-bond donors (Lipinski definition) is 0. The van der Waals surface area contributed by atoms with Crippen LogP contribution in [0.3, 0.4) is 0 Å². The quantitative estimate of drug-likeness (QED) is 0.672. The summed E-state index contributed by atoms with van der Waals surface area (Å²) in [4.78, 5) is 42.0. The number of hydrogen-bond acceptors (Lipinski definition) is 5. The van der Waals surface area contributed by atoms with E-state index in [0.29, 0.717) is 10.7 Å². The molecule has 3 aliphatic rings. The van der Waals surface area contributed by atoms with E-state index in [1.54, 1.807) is 35.5 Å². The second-order valence-electron chi connectivity index (χ2n) is 9.30. The molecule has 0 aliphatic carbocycles. The Hall–Kier alpha value is -2.99. The molecule has 2 saturated heterocycles. The number of fused-ring (bicyclic) bond motifs is 5. The van der Waals surface area contributed by atoms with Gasteiger partial charge in [-0.05, 0) is 35.4 Å². The zero-order valence-electron chi connectivity index (χ0n) is 17.4. The average molecular weight is 436 g/mol. The number of imide groups is 1. The highest BCUT2D eigenvalue weighted by atomic mass is 35.5. The van der Waals surface area contributed by atoms with Crippen LogP contribution in [0.4, 0.5) is 5.69 Å². The summed E-state index contributed by atoms with van der Waals surface area (Å²) in [6.45, 7) is 5.49. The van der Waals surface area contributed by atoms with Gasteiger partial charge in [0.15, 0.2) is 5.78 Å². The molecule has 0 unspecified atom stereocenters. The summed E-state index contributed by atoms with van der Waals surface area (Å²) < 4.78 is 0. The molecule has 0 radical (unpaired) electrons. The van der Waals surface area contributed by atoms with Gasteiger partial charge < -0.3 is 0 Å². The smallest absolute Gasteiger partial charge is 0.240 e. The van der Waals surface area contributed by atoms with Crippen molar-refractivity contribution < 1.29 is 14.4 Å². The zero-order chi connectivity index (χ0) is 22.1. The fourth-order valence-corrected chi connectivity index (χ4v) is 5.08. The van der Waals surface area contributed by atoms with Crippen molar-refractivity contribution >= 4 is 41.1 Å². The van der Waals surface area contributed by atoms with Crippen LogP contribution in [-0.4, -0.2) is 34.9 Å². The van der Waals surface area contributed by atoms with Crippen LogP contribution < -0.4 is 4.90 Å². The summed E-state index contributed by atoms with van der Waals surface area (Å²) in [5, 5.41) is 6.77. The molecule has 7 heteroatoms. The Balaban J connectivity index is 1.66. The molecule has 2 amide bonds. The van der Waals surface area contributed by atoms with Gasteiger partial charge in [0.25, 0.3) is 0 Å². The van der Waals surface area contributed by atoms with Crippen LogP contribution in [0.5, 0.6) is 0 Å². The fourth-order valence-electron chi connectivity index (χ4n) is 4.96. The second kappa shape index (κ2) is 6.76. The summed E-state index contributed by atoms with van der Waals surface area (Å²) >= 11 is 5.99. The fraction of sp³-hybridized carbons (Fsp3) is 0.333. The third kappa shape index (κ3) is 2.85. The van der Waals surface area contributed by atoms with Crippen molar-refractivity contribution in [3.05, 3.63) is 64.7 Å². The number of benzene rings is 2. The lowest BCUT2D eigenvalue weighted by atomic mass is 9.79. The Morgan fingerprint density at radius 1 is 0.968 bits per heavy atom. The van der Waals surface area contributed by atoms with E-state index in [-0.39, 0.29) is 17.6 Å². The lowest BCUT2D eigenvalue weighted by molar-refractivity contribution is -0.136. The molecule has 158 valence electrons. The number of Topliss-reactive ketones (excluding diaryl/α,β-unsaturated/α-hetero) is 1. The standard InChI is InChI=1S/C24H22ClN3O3/c1-24(2,3)21(29)20-18-17(19-16-7-5-4-6-13(16)12-26-28(19)20)22(30)27(23(18)31)15-10-8-14(25)9-11-15/h4-12,17-20H,1-3H3/t17-,18+,19+,20-/m1/s1. The van der Waals surface area contributed by atoms with Crippen LogP contribution in [0.25, 0.3) is 0 Å². The molecule has 6 nitrogen and oxygen atoms in total. The number of anilines is 1. The number of hydrazone groups is 1. The van der Waals surface area contributed by atoms with Crippen molar-refractivity contribution in [3.63, 3.8) is 0 Å². The van der Waals surface area contributed by atoms with Crippen LogP contribution >= 0.6 is 11.6 Å². The monoisotopic (exact) mass is 435 g/mol. The van der Waals surface area contributed by atoms with E-state index >= 15 is 0 Å². The van der Waals surface area contributed by atoms with Crippen molar-refractivity contribution in [1.82, 2.24) is 5.01 Å². The molecular formula is C24H22ClN3O3. The molecular weight excluding hydrogens is 414 g/mol. The topological polar surface area (TPSA) is 70.0 Å². The first-order chi connectivity index (χ1) is 14.7. The van der Waals surface area contributed by atoms with E-state index in [4.69, 9.17) is 11.6 Å². The van der Waals surface area contributed by atoms with Crippen molar-refractivity contribution in [1.29, 1.82) is 0 Å². The molecule has 0 bridgehead atoms. The van der Waals surface area contributed by atoms with Crippen LogP contribution in [0, 0.1) is 17.3 Å². The summed E-state index contributed by atoms with van der Waals surface area (Å²) in [7, 11) is 0. The predicted octanol–water partition coefficient (Wildman–Crippen LogP) is 3.83. The maximum absolute atomic E-state index is 13.6. The molecule has 0 N–H and O–H groups in total. The van der Waals surface area contributed by atoms with Gasteiger partial charge in [-0.15, -0.1) is 0 Å². The Morgan fingerprint density at radius 3 is 2.29 bits per heavy atom. The van der Waals surface area contributed by atoms with Gasteiger partial charge in [-0.1, -0.05) is 56.6 Å². The first kappa shape index (κ1) is 19.9. The minimum Gasteiger partial charge on any atom is -0.297 e. The number of carbonyl (C=O) groups excluding carboxylic acids is 3. The number of amides is 2. The molecule has 31 heavy (non-hydrogen) atoms. The minimum absolute atomic E-state index is 0.0966. The normalized spacial score (nSPS) is 26.7. The van der Waals surface area contributed by atoms with Crippen LogP contribution in [0.2, 0.25) is 5.02 Å². The first-order valence-corrected chi connectivity index (χ1v) is 10.7. The Kier molecular flexibility index (Phi) is 4.35. The molecule has 2 fully saturated rings. The number of nitrogens with zero attached hydrogens (tertiary/aromatic N) is 3. The van der Waals surface area contributed by atoms with Gasteiger partial charge >= 0.3 is 0 Å². The summed E-state index contributed by atoms with van der Waals surface area (Å²) in [6, 6.07) is 13.0. The third-order valence-corrected chi connectivity index (χ3v) is 6.64. The minimum atomic E-state index is -0.798. The number of rotatable bonds is 2. The van der Waals surface area contributed by atoms with E-state index in [9.17, 15) is 14.4 Å². The average Bonchev–Trinajstić information content (AvgIpc) is 3.20. The van der Waals surface area contributed by atoms with Gasteiger partial charge in [0.2, 0.25) is 11.8 Å². The zero-order valence-corrected chi connectivity index (χ0v) is 18.2. The molecule has 2 aromatic carbocycles. The molecule has 5 rings (SSSR count). The third-order valence-electron chi connectivity index (χ3n) is 6.39. The second-order valence-corrected chi connectivity index (χ2v) is 9.73. The van der Waals surface area contributed by atoms with Crippen molar-refractivity contribution in [3.8, 4) is 0 Å². The van der Waals surface area contributed by atoms with E-state index in [0.717, 1.165) is 11.1 Å². The summed E-state index contributed by atoms with van der Waals surface area (Å²) in [5.74, 6) is -2.23. The lowest BCUT2D eigenvalue weighted by Crippen LogP contribution is -2.48. The summed E-state index contributed by atoms with van der Waals surface area (Å²) in [5.41, 5.74) is 1.59. The molecule has 2 aromatic rings. The van der Waals surface area contributed by atoms with Crippen LogP contribution in [0.1, 0.15) is 37.9 Å². The van der Waals surface area contributed by atoms with Gasteiger partial charge in [0, 0.05) is 10.4 Å². The molecule has 4 atom stereocenters. The van der Waals surface area contributed by atoms with Gasteiger partial charge in [0.05, 0.1) is 29.8 Å². The highest BCUT2D eigenvalue weighted by molar-refractivity contribution is 6.31. The lowest BCUT2D eigenvalue weighted by Gasteiger charge is -2.35.